The normalized spacial score (nSPS) is 13.3. The lowest BCUT2D eigenvalue weighted by Crippen LogP contribution is -2.37. The van der Waals surface area contributed by atoms with Crippen LogP contribution >= 0.6 is 12.4 Å². The zero-order valence-electron chi connectivity index (χ0n) is 12.0. The van der Waals surface area contributed by atoms with E-state index in [0.717, 1.165) is 11.1 Å². The van der Waals surface area contributed by atoms with Crippen molar-refractivity contribution >= 4 is 28.3 Å². The molecule has 22 heavy (non-hydrogen) atoms. The molecule has 0 unspecified atom stereocenters. The summed E-state index contributed by atoms with van der Waals surface area (Å²) in [5, 5.41) is 2.58. The van der Waals surface area contributed by atoms with Crippen LogP contribution in [0.5, 0.6) is 0 Å². The third-order valence-electron chi connectivity index (χ3n) is 3.13. The number of hydrogen-bond acceptors (Lipinski definition) is 5. The van der Waals surface area contributed by atoms with E-state index in [1.807, 2.05) is 0 Å². The van der Waals surface area contributed by atoms with E-state index < -0.39 is 10.0 Å². The summed E-state index contributed by atoms with van der Waals surface area (Å²) in [7, 11) is -3.70. The largest absolute Gasteiger partial charge is 0.372 e. The molecule has 0 spiro atoms. The predicted molar refractivity (Wildman–Crippen MR) is 84.1 cm³/mol. The van der Waals surface area contributed by atoms with E-state index in [-0.39, 0.29) is 29.8 Å². The van der Waals surface area contributed by atoms with Gasteiger partial charge in [-0.3, -0.25) is 4.79 Å². The molecule has 0 atom stereocenters. The van der Waals surface area contributed by atoms with E-state index in [0.29, 0.717) is 32.7 Å². The Morgan fingerprint density at radius 2 is 2.00 bits per heavy atom. The van der Waals surface area contributed by atoms with Crippen molar-refractivity contribution in [3.63, 3.8) is 0 Å². The van der Waals surface area contributed by atoms with E-state index in [1.54, 1.807) is 12.1 Å². The molecular weight excluding hydrogens is 330 g/mol. The van der Waals surface area contributed by atoms with Gasteiger partial charge >= 0.3 is 0 Å². The Hall–Kier alpha value is -1.19. The SMILES string of the molecule is Cl.NCCCNC(=O)CNS(=O)(=O)c1ccc2c(c1)COC2. The maximum absolute atomic E-state index is 12.1. The van der Waals surface area contributed by atoms with E-state index in [2.05, 4.69) is 10.0 Å². The first-order valence-corrected chi connectivity index (χ1v) is 8.17. The monoisotopic (exact) mass is 349 g/mol. The smallest absolute Gasteiger partial charge is 0.241 e. The lowest BCUT2D eigenvalue weighted by molar-refractivity contribution is -0.119. The number of sulfonamides is 1. The maximum Gasteiger partial charge on any atom is 0.241 e. The lowest BCUT2D eigenvalue weighted by Gasteiger charge is -2.08. The van der Waals surface area contributed by atoms with Crippen LogP contribution in [0.1, 0.15) is 17.5 Å². The quantitative estimate of drug-likeness (QED) is 0.594. The number of carbonyl (C=O) groups is 1. The van der Waals surface area contributed by atoms with Crippen LogP contribution in [0.25, 0.3) is 0 Å². The Bertz CT molecular complexity index is 622. The van der Waals surface area contributed by atoms with Gasteiger partial charge in [0.15, 0.2) is 0 Å². The number of rotatable bonds is 7. The van der Waals surface area contributed by atoms with Gasteiger partial charge in [-0.05, 0) is 36.2 Å². The van der Waals surface area contributed by atoms with Crippen molar-refractivity contribution in [3.8, 4) is 0 Å². The number of fused-ring (bicyclic) bond motifs is 1. The molecule has 0 radical (unpaired) electrons. The molecule has 124 valence electrons. The molecule has 0 bridgehead atoms. The van der Waals surface area contributed by atoms with Crippen LogP contribution in [0.4, 0.5) is 0 Å². The molecule has 0 aliphatic carbocycles. The summed E-state index contributed by atoms with van der Waals surface area (Å²) in [4.78, 5) is 11.6. The summed E-state index contributed by atoms with van der Waals surface area (Å²) in [6.07, 6.45) is 0.656. The second kappa shape index (κ2) is 8.44. The number of carbonyl (C=O) groups excluding carboxylic acids is 1. The summed E-state index contributed by atoms with van der Waals surface area (Å²) < 4.78 is 31.8. The van der Waals surface area contributed by atoms with Crippen LogP contribution in [0.15, 0.2) is 23.1 Å². The molecule has 0 saturated heterocycles. The lowest BCUT2D eigenvalue weighted by atomic mass is 10.1. The van der Waals surface area contributed by atoms with Gasteiger partial charge in [0.25, 0.3) is 0 Å². The van der Waals surface area contributed by atoms with Crippen molar-refractivity contribution in [1.29, 1.82) is 0 Å². The number of amides is 1. The van der Waals surface area contributed by atoms with Crippen molar-refractivity contribution in [2.45, 2.75) is 24.5 Å². The molecule has 1 aromatic rings. The van der Waals surface area contributed by atoms with Crippen LogP contribution in [0.3, 0.4) is 0 Å². The average Bonchev–Trinajstić information content (AvgIpc) is 2.93. The topological polar surface area (TPSA) is 111 Å². The minimum Gasteiger partial charge on any atom is -0.372 e. The zero-order valence-corrected chi connectivity index (χ0v) is 13.6. The van der Waals surface area contributed by atoms with Gasteiger partial charge in [0.2, 0.25) is 15.9 Å². The van der Waals surface area contributed by atoms with Gasteiger partial charge in [-0.2, -0.15) is 0 Å². The first-order chi connectivity index (χ1) is 10.0. The fourth-order valence-electron chi connectivity index (χ4n) is 1.95. The van der Waals surface area contributed by atoms with Crippen LogP contribution in [0.2, 0.25) is 0 Å². The van der Waals surface area contributed by atoms with Gasteiger partial charge in [0.1, 0.15) is 0 Å². The third-order valence-corrected chi connectivity index (χ3v) is 4.53. The Morgan fingerprint density at radius 1 is 1.27 bits per heavy atom. The summed E-state index contributed by atoms with van der Waals surface area (Å²) in [6, 6.07) is 4.83. The van der Waals surface area contributed by atoms with Crippen LogP contribution in [-0.4, -0.2) is 34.0 Å². The fraction of sp³-hybridized carbons (Fsp3) is 0.462. The minimum atomic E-state index is -3.70. The molecule has 2 rings (SSSR count). The van der Waals surface area contributed by atoms with Crippen molar-refractivity contribution in [2.24, 2.45) is 5.73 Å². The average molecular weight is 350 g/mol. The predicted octanol–water partition coefficient (Wildman–Crippen LogP) is -0.118. The Labute approximate surface area is 136 Å². The highest BCUT2D eigenvalue weighted by Gasteiger charge is 2.19. The van der Waals surface area contributed by atoms with Crippen LogP contribution in [0, 0.1) is 0 Å². The maximum atomic E-state index is 12.1. The molecule has 0 aromatic heterocycles. The molecule has 1 aromatic carbocycles. The first kappa shape index (κ1) is 18.9. The second-order valence-corrected chi connectivity index (χ2v) is 6.51. The molecule has 7 nitrogen and oxygen atoms in total. The Kier molecular flexibility index (Phi) is 7.24. The molecule has 1 aliphatic rings. The zero-order chi connectivity index (χ0) is 15.3. The van der Waals surface area contributed by atoms with Crippen molar-refractivity contribution in [1.82, 2.24) is 10.0 Å². The van der Waals surface area contributed by atoms with Gasteiger partial charge in [0.05, 0.1) is 24.7 Å². The molecule has 0 saturated carbocycles. The van der Waals surface area contributed by atoms with Crippen molar-refractivity contribution in [2.75, 3.05) is 19.6 Å². The minimum absolute atomic E-state index is 0. The first-order valence-electron chi connectivity index (χ1n) is 6.69. The van der Waals surface area contributed by atoms with Crippen LogP contribution in [-0.2, 0) is 32.8 Å². The number of benzene rings is 1. The molecule has 1 aliphatic heterocycles. The molecule has 4 N–H and O–H groups in total. The number of ether oxygens (including phenoxy) is 1. The Morgan fingerprint density at radius 3 is 2.73 bits per heavy atom. The van der Waals surface area contributed by atoms with Gasteiger partial charge in [-0.25, -0.2) is 13.1 Å². The summed E-state index contributed by atoms with van der Waals surface area (Å²) >= 11 is 0. The molecule has 1 heterocycles. The Balaban J connectivity index is 0.00000242. The van der Waals surface area contributed by atoms with E-state index in [4.69, 9.17) is 10.5 Å². The number of hydrogen-bond donors (Lipinski definition) is 3. The highest BCUT2D eigenvalue weighted by Crippen LogP contribution is 2.22. The number of nitrogens with two attached hydrogens (primary N) is 1. The van der Waals surface area contributed by atoms with Gasteiger partial charge in [-0.1, -0.05) is 6.07 Å². The van der Waals surface area contributed by atoms with Crippen molar-refractivity contribution in [3.05, 3.63) is 29.3 Å². The molecule has 0 fully saturated rings. The van der Waals surface area contributed by atoms with E-state index in [1.165, 1.54) is 6.07 Å². The number of halogens is 1. The standard InChI is InChI=1S/C13H19N3O4S.ClH/c14-4-1-5-15-13(17)7-16-21(18,19)12-3-2-10-8-20-9-11(10)6-12;/h2-3,6,16H,1,4-5,7-9,14H2,(H,15,17);1H. The third kappa shape index (κ3) is 4.92. The molecular formula is C13H20ClN3O4S. The summed E-state index contributed by atoms with van der Waals surface area (Å²) in [6.45, 7) is 1.54. The fourth-order valence-corrected chi connectivity index (χ4v) is 2.98. The second-order valence-electron chi connectivity index (χ2n) is 4.74. The summed E-state index contributed by atoms with van der Waals surface area (Å²) in [5.41, 5.74) is 7.17. The molecule has 1 amide bonds. The van der Waals surface area contributed by atoms with Gasteiger partial charge < -0.3 is 15.8 Å². The number of nitrogens with one attached hydrogen (secondary N) is 2. The highest BCUT2D eigenvalue weighted by molar-refractivity contribution is 7.89. The van der Waals surface area contributed by atoms with E-state index in [9.17, 15) is 13.2 Å². The van der Waals surface area contributed by atoms with E-state index >= 15 is 0 Å². The highest BCUT2D eigenvalue weighted by atomic mass is 35.5. The van der Waals surface area contributed by atoms with Crippen LogP contribution < -0.4 is 15.8 Å². The summed E-state index contributed by atoms with van der Waals surface area (Å²) in [5.74, 6) is -0.378. The van der Waals surface area contributed by atoms with Crippen molar-refractivity contribution < 1.29 is 17.9 Å². The molecule has 9 heteroatoms. The van der Waals surface area contributed by atoms with Gasteiger partial charge in [0, 0.05) is 6.54 Å². The van der Waals surface area contributed by atoms with Gasteiger partial charge in [-0.15, -0.1) is 12.4 Å².